The van der Waals surface area contributed by atoms with Gasteiger partial charge in [-0.25, -0.2) is 3.93 Å². The maximum absolute atomic E-state index is 10.4. The second kappa shape index (κ2) is 8.01. The first-order valence-electron chi connectivity index (χ1n) is 5.39. The highest BCUT2D eigenvalue weighted by Crippen LogP contribution is 2.24. The Bertz CT molecular complexity index is 463. The van der Waals surface area contributed by atoms with Crippen molar-refractivity contribution < 1.29 is 14.3 Å². The van der Waals surface area contributed by atoms with E-state index in [9.17, 15) is 9.59 Å². The normalized spacial score (nSPS) is 14.2. The Hall–Kier alpha value is -0.400. The molecule has 1 aromatic carbocycles. The third-order valence-electron chi connectivity index (χ3n) is 2.39. The molecule has 0 bridgehead atoms. The van der Waals surface area contributed by atoms with Gasteiger partial charge in [0.2, 0.25) is 11.8 Å². The van der Waals surface area contributed by atoms with Crippen LogP contribution in [-0.4, -0.2) is 22.9 Å². The number of hydrogen-bond donors (Lipinski definition) is 0. The molecule has 1 heterocycles. The molecular formula is C12H12Br3NO3. The van der Waals surface area contributed by atoms with Gasteiger partial charge in [-0.15, -0.1) is 0 Å². The lowest BCUT2D eigenvalue weighted by molar-refractivity contribution is -0.131. The van der Waals surface area contributed by atoms with Crippen molar-refractivity contribution in [3.8, 4) is 5.75 Å². The van der Waals surface area contributed by atoms with Crippen LogP contribution in [0.5, 0.6) is 5.75 Å². The maximum Gasteiger partial charge on any atom is 0.239 e. The molecule has 1 aromatic rings. The summed E-state index contributed by atoms with van der Waals surface area (Å²) >= 11 is 9.62. The summed E-state index contributed by atoms with van der Waals surface area (Å²) in [6.07, 6.45) is 0.703. The number of benzene rings is 1. The third-order valence-corrected chi connectivity index (χ3v) is 4.56. The zero-order chi connectivity index (χ0) is 14.4. The molecule has 1 fully saturated rings. The molecule has 7 heteroatoms. The van der Waals surface area contributed by atoms with E-state index < -0.39 is 0 Å². The number of imide groups is 1. The summed E-state index contributed by atoms with van der Waals surface area (Å²) in [6, 6.07) is 5.91. The van der Waals surface area contributed by atoms with Crippen LogP contribution in [0.3, 0.4) is 0 Å². The highest BCUT2D eigenvalue weighted by Gasteiger charge is 2.26. The molecule has 1 saturated heterocycles. The largest absolute Gasteiger partial charge is 0.497 e. The van der Waals surface area contributed by atoms with E-state index in [1.807, 2.05) is 18.2 Å². The van der Waals surface area contributed by atoms with Crippen LogP contribution in [0, 0.1) is 0 Å². The van der Waals surface area contributed by atoms with E-state index in [2.05, 4.69) is 48.0 Å². The van der Waals surface area contributed by atoms with Gasteiger partial charge in [-0.3, -0.25) is 9.59 Å². The molecule has 19 heavy (non-hydrogen) atoms. The molecule has 0 atom stereocenters. The Morgan fingerprint density at radius 1 is 1.26 bits per heavy atom. The van der Waals surface area contributed by atoms with E-state index >= 15 is 0 Å². The van der Waals surface area contributed by atoms with Crippen LogP contribution < -0.4 is 4.74 Å². The van der Waals surface area contributed by atoms with Crippen molar-refractivity contribution >= 4 is 59.8 Å². The van der Waals surface area contributed by atoms with Gasteiger partial charge >= 0.3 is 0 Å². The summed E-state index contributed by atoms with van der Waals surface area (Å²) < 4.78 is 7.16. The van der Waals surface area contributed by atoms with Crippen molar-refractivity contribution in [1.82, 2.24) is 3.93 Å². The Labute approximate surface area is 137 Å². The molecule has 0 aliphatic carbocycles. The van der Waals surface area contributed by atoms with Gasteiger partial charge in [-0.05, 0) is 23.8 Å². The average molecular weight is 458 g/mol. The molecule has 104 valence electrons. The van der Waals surface area contributed by atoms with Crippen LogP contribution in [0.2, 0.25) is 0 Å². The van der Waals surface area contributed by atoms with Gasteiger partial charge in [-0.2, -0.15) is 0 Å². The fourth-order valence-corrected chi connectivity index (χ4v) is 2.91. The first kappa shape index (κ1) is 16.7. The molecule has 2 rings (SSSR count). The highest BCUT2D eigenvalue weighted by atomic mass is 79.9. The fraction of sp³-hybridized carbons (Fsp3) is 0.333. The fourth-order valence-electron chi connectivity index (χ4n) is 1.33. The second-order valence-corrected chi connectivity index (χ2v) is 5.78. The zero-order valence-corrected chi connectivity index (χ0v) is 14.9. The Morgan fingerprint density at radius 2 is 1.84 bits per heavy atom. The number of methoxy groups -OCH3 is 1. The minimum absolute atomic E-state index is 0.144. The van der Waals surface area contributed by atoms with E-state index in [4.69, 9.17) is 4.74 Å². The number of rotatable bonds is 2. The third kappa shape index (κ3) is 4.89. The molecule has 0 N–H and O–H groups in total. The number of ether oxygens (including phenoxy) is 1. The van der Waals surface area contributed by atoms with Crippen LogP contribution in [0.1, 0.15) is 18.4 Å². The number of carbonyl (C=O) groups is 2. The summed E-state index contributed by atoms with van der Waals surface area (Å²) in [5, 5.41) is 0.838. The van der Waals surface area contributed by atoms with Gasteiger partial charge in [0.15, 0.2) is 0 Å². The minimum atomic E-state index is -0.144. The standard InChI is InChI=1S/C8H8Br2O.C4H4BrNO2/c1-11-7-2-3-8(10)6(4-7)5-9;5-6-3(7)1-2-4(6)8/h2-4H,5H2,1H3;1-2H2. The molecular weight excluding hydrogens is 446 g/mol. The number of carbonyl (C=O) groups excluding carboxylic acids is 2. The van der Waals surface area contributed by atoms with Crippen molar-refractivity contribution in [2.45, 2.75) is 18.2 Å². The summed E-state index contributed by atoms with van der Waals surface area (Å²) in [5.41, 5.74) is 1.20. The van der Waals surface area contributed by atoms with E-state index in [-0.39, 0.29) is 11.8 Å². The number of amides is 2. The Balaban J connectivity index is 0.000000200. The summed E-state index contributed by atoms with van der Waals surface area (Å²) in [5.74, 6) is 0.604. The van der Waals surface area contributed by atoms with E-state index in [1.165, 1.54) is 5.56 Å². The van der Waals surface area contributed by atoms with Gasteiger partial charge < -0.3 is 4.74 Å². The lowest BCUT2D eigenvalue weighted by Gasteiger charge is -2.03. The van der Waals surface area contributed by atoms with Crippen LogP contribution in [0.15, 0.2) is 22.7 Å². The number of hydrogen-bond acceptors (Lipinski definition) is 3. The summed E-state index contributed by atoms with van der Waals surface area (Å²) in [4.78, 5) is 20.9. The molecule has 0 saturated carbocycles. The molecule has 2 amide bonds. The quantitative estimate of drug-likeness (QED) is 0.385. The minimum Gasteiger partial charge on any atom is -0.497 e. The average Bonchev–Trinajstić information content (AvgIpc) is 2.71. The van der Waals surface area contributed by atoms with Crippen molar-refractivity contribution in [2.24, 2.45) is 0 Å². The SMILES string of the molecule is COc1ccc(Br)c(CBr)c1.O=C1CCC(=O)N1Br. The van der Waals surface area contributed by atoms with Gasteiger partial charge in [0.25, 0.3) is 0 Å². The highest BCUT2D eigenvalue weighted by molar-refractivity contribution is 9.10. The molecule has 4 nitrogen and oxygen atoms in total. The first-order chi connectivity index (χ1) is 8.99. The molecule has 1 aliphatic heterocycles. The second-order valence-electron chi connectivity index (χ2n) is 3.66. The van der Waals surface area contributed by atoms with Crippen molar-refractivity contribution in [3.05, 3.63) is 28.2 Å². The number of halogens is 3. The monoisotopic (exact) mass is 455 g/mol. The zero-order valence-electron chi connectivity index (χ0n) is 10.2. The molecule has 0 aromatic heterocycles. The van der Waals surface area contributed by atoms with E-state index in [1.54, 1.807) is 7.11 Å². The topological polar surface area (TPSA) is 46.6 Å². The molecule has 0 spiro atoms. The Kier molecular flexibility index (Phi) is 7.02. The smallest absolute Gasteiger partial charge is 0.239 e. The summed E-state index contributed by atoms with van der Waals surface area (Å²) in [7, 11) is 1.67. The molecule has 0 radical (unpaired) electrons. The van der Waals surface area contributed by atoms with E-state index in [0.717, 1.165) is 19.5 Å². The maximum atomic E-state index is 10.4. The predicted molar refractivity (Wildman–Crippen MR) is 83.3 cm³/mol. The van der Waals surface area contributed by atoms with Gasteiger partial charge in [0, 0.05) is 22.6 Å². The van der Waals surface area contributed by atoms with Crippen molar-refractivity contribution in [1.29, 1.82) is 0 Å². The van der Waals surface area contributed by atoms with Crippen LogP contribution >= 0.6 is 48.0 Å². The molecule has 1 aliphatic rings. The summed E-state index contributed by atoms with van der Waals surface area (Å²) in [6.45, 7) is 0. The number of nitrogens with zero attached hydrogens (tertiary/aromatic N) is 1. The number of alkyl halides is 1. The van der Waals surface area contributed by atoms with Gasteiger partial charge in [0.05, 0.1) is 23.3 Å². The van der Waals surface area contributed by atoms with Crippen molar-refractivity contribution in [3.63, 3.8) is 0 Å². The van der Waals surface area contributed by atoms with Crippen LogP contribution in [0.25, 0.3) is 0 Å². The van der Waals surface area contributed by atoms with E-state index in [0.29, 0.717) is 12.8 Å². The van der Waals surface area contributed by atoms with Gasteiger partial charge in [0.1, 0.15) is 5.75 Å². The van der Waals surface area contributed by atoms with Crippen molar-refractivity contribution in [2.75, 3.05) is 7.11 Å². The lowest BCUT2D eigenvalue weighted by Crippen LogP contribution is -2.16. The van der Waals surface area contributed by atoms with Crippen LogP contribution in [-0.2, 0) is 14.9 Å². The first-order valence-corrected chi connectivity index (χ1v) is 8.02. The van der Waals surface area contributed by atoms with Crippen LogP contribution in [0.4, 0.5) is 0 Å². The lowest BCUT2D eigenvalue weighted by atomic mass is 10.2. The predicted octanol–water partition coefficient (Wildman–Crippen LogP) is 3.80. The Morgan fingerprint density at radius 3 is 2.21 bits per heavy atom. The molecule has 0 unspecified atom stereocenters. The van der Waals surface area contributed by atoms with Gasteiger partial charge in [-0.1, -0.05) is 31.9 Å².